The van der Waals surface area contributed by atoms with Crippen molar-refractivity contribution in [2.24, 2.45) is 0 Å². The van der Waals surface area contributed by atoms with Gasteiger partial charge in [0.2, 0.25) is 0 Å². The van der Waals surface area contributed by atoms with Gasteiger partial charge in [0, 0.05) is 25.0 Å². The van der Waals surface area contributed by atoms with Crippen LogP contribution in [0.5, 0.6) is 0 Å². The molecule has 1 rings (SSSR count). The fraction of sp³-hybridized carbons (Fsp3) is 0.733. The molecular formula is C15H28N2. The van der Waals surface area contributed by atoms with Crippen LogP contribution in [-0.2, 0) is 6.54 Å². The normalized spacial score (nSPS) is 12.9. The van der Waals surface area contributed by atoms with Crippen molar-refractivity contribution >= 4 is 0 Å². The van der Waals surface area contributed by atoms with E-state index in [2.05, 4.69) is 49.1 Å². The van der Waals surface area contributed by atoms with Crippen molar-refractivity contribution in [3.05, 3.63) is 24.0 Å². The van der Waals surface area contributed by atoms with Gasteiger partial charge in [-0.15, -0.1) is 0 Å². The molecule has 0 aliphatic rings. The van der Waals surface area contributed by atoms with Crippen LogP contribution in [0.1, 0.15) is 64.5 Å². The van der Waals surface area contributed by atoms with E-state index < -0.39 is 0 Å². The molecule has 1 aromatic heterocycles. The van der Waals surface area contributed by atoms with Crippen molar-refractivity contribution in [1.82, 2.24) is 9.88 Å². The first kappa shape index (κ1) is 14.3. The lowest BCUT2D eigenvalue weighted by Crippen LogP contribution is -2.18. The fourth-order valence-corrected chi connectivity index (χ4v) is 2.05. The Hall–Kier alpha value is -0.760. The summed E-state index contributed by atoms with van der Waals surface area (Å²) in [7, 11) is 0. The molecule has 1 N–H and O–H groups in total. The standard InChI is InChI=1S/C15H28N2/c1-4-6-7-8-11-17-12-9-15(13-17)14(3)16-10-5-2/h9,12-14,16H,4-8,10-11H2,1-3H3. The monoisotopic (exact) mass is 236 g/mol. The number of unbranched alkanes of at least 4 members (excludes halogenated alkanes) is 3. The minimum Gasteiger partial charge on any atom is -0.354 e. The molecule has 1 atom stereocenters. The van der Waals surface area contributed by atoms with Crippen LogP contribution in [0.4, 0.5) is 0 Å². The van der Waals surface area contributed by atoms with E-state index in [0.717, 1.165) is 6.54 Å². The van der Waals surface area contributed by atoms with Gasteiger partial charge in [0.05, 0.1) is 0 Å². The van der Waals surface area contributed by atoms with Crippen molar-refractivity contribution in [2.75, 3.05) is 6.54 Å². The molecule has 17 heavy (non-hydrogen) atoms. The van der Waals surface area contributed by atoms with E-state index in [1.807, 2.05) is 0 Å². The number of nitrogens with zero attached hydrogens (tertiary/aromatic N) is 1. The van der Waals surface area contributed by atoms with E-state index in [-0.39, 0.29) is 0 Å². The van der Waals surface area contributed by atoms with Crippen LogP contribution in [0.25, 0.3) is 0 Å². The van der Waals surface area contributed by atoms with Gasteiger partial charge in [-0.25, -0.2) is 0 Å². The highest BCUT2D eigenvalue weighted by molar-refractivity contribution is 5.14. The Morgan fingerprint density at radius 2 is 2.00 bits per heavy atom. The van der Waals surface area contributed by atoms with E-state index in [9.17, 15) is 0 Å². The van der Waals surface area contributed by atoms with Gasteiger partial charge in [-0.05, 0) is 37.9 Å². The molecule has 1 heterocycles. The molecule has 0 amide bonds. The summed E-state index contributed by atoms with van der Waals surface area (Å²) in [4.78, 5) is 0. The van der Waals surface area contributed by atoms with E-state index in [1.165, 1.54) is 44.2 Å². The lowest BCUT2D eigenvalue weighted by atomic mass is 10.2. The Kier molecular flexibility index (Phi) is 7.02. The van der Waals surface area contributed by atoms with Gasteiger partial charge in [-0.2, -0.15) is 0 Å². The summed E-state index contributed by atoms with van der Waals surface area (Å²) in [5, 5.41) is 3.52. The molecule has 2 heteroatoms. The maximum Gasteiger partial charge on any atom is 0.0306 e. The van der Waals surface area contributed by atoms with Gasteiger partial charge >= 0.3 is 0 Å². The van der Waals surface area contributed by atoms with Crippen molar-refractivity contribution < 1.29 is 0 Å². The molecule has 0 aromatic carbocycles. The summed E-state index contributed by atoms with van der Waals surface area (Å²) in [5.74, 6) is 0. The molecule has 0 bridgehead atoms. The number of rotatable bonds is 9. The maximum atomic E-state index is 3.52. The Morgan fingerprint density at radius 1 is 1.18 bits per heavy atom. The van der Waals surface area contributed by atoms with E-state index >= 15 is 0 Å². The lowest BCUT2D eigenvalue weighted by molar-refractivity contribution is 0.561. The molecule has 0 radical (unpaired) electrons. The number of hydrogen-bond donors (Lipinski definition) is 1. The molecule has 0 spiro atoms. The minimum absolute atomic E-state index is 0.479. The van der Waals surface area contributed by atoms with Crippen molar-refractivity contribution in [3.8, 4) is 0 Å². The molecule has 0 saturated heterocycles. The van der Waals surface area contributed by atoms with E-state index in [1.54, 1.807) is 0 Å². The molecule has 1 unspecified atom stereocenters. The molecule has 0 fully saturated rings. The summed E-state index contributed by atoms with van der Waals surface area (Å²) in [5.41, 5.74) is 1.41. The van der Waals surface area contributed by atoms with E-state index in [0.29, 0.717) is 6.04 Å². The predicted octanol–water partition coefficient (Wildman–Crippen LogP) is 4.13. The van der Waals surface area contributed by atoms with Crippen LogP contribution in [0.3, 0.4) is 0 Å². The van der Waals surface area contributed by atoms with Crippen LogP contribution in [0.2, 0.25) is 0 Å². The topological polar surface area (TPSA) is 17.0 Å². The second-order valence-corrected chi connectivity index (χ2v) is 4.92. The highest BCUT2D eigenvalue weighted by Gasteiger charge is 2.05. The highest BCUT2D eigenvalue weighted by Crippen LogP contribution is 2.13. The summed E-state index contributed by atoms with van der Waals surface area (Å²) in [6.45, 7) is 8.98. The smallest absolute Gasteiger partial charge is 0.0306 e. The number of aryl methyl sites for hydroxylation is 1. The predicted molar refractivity (Wildman–Crippen MR) is 75.3 cm³/mol. The first-order valence-corrected chi connectivity index (χ1v) is 7.17. The average Bonchev–Trinajstić information content (AvgIpc) is 2.80. The Bertz CT molecular complexity index is 291. The maximum absolute atomic E-state index is 3.52. The molecule has 1 aromatic rings. The zero-order valence-corrected chi connectivity index (χ0v) is 11.7. The van der Waals surface area contributed by atoms with Gasteiger partial charge in [0.25, 0.3) is 0 Å². The molecule has 98 valence electrons. The third kappa shape index (κ3) is 5.40. The Balaban J connectivity index is 2.31. The summed E-state index contributed by atoms with van der Waals surface area (Å²) in [6, 6.07) is 2.72. The third-order valence-corrected chi connectivity index (χ3v) is 3.24. The molecule has 0 saturated carbocycles. The second-order valence-electron chi connectivity index (χ2n) is 4.92. The number of aromatic nitrogens is 1. The van der Waals surface area contributed by atoms with Gasteiger partial charge < -0.3 is 9.88 Å². The Morgan fingerprint density at radius 3 is 2.71 bits per heavy atom. The average molecular weight is 236 g/mol. The molecule has 0 aliphatic heterocycles. The van der Waals surface area contributed by atoms with Crippen LogP contribution in [0.15, 0.2) is 18.5 Å². The van der Waals surface area contributed by atoms with E-state index in [4.69, 9.17) is 0 Å². The van der Waals surface area contributed by atoms with Crippen LogP contribution >= 0.6 is 0 Å². The van der Waals surface area contributed by atoms with Gasteiger partial charge in [-0.1, -0.05) is 33.1 Å². The van der Waals surface area contributed by atoms with Crippen LogP contribution in [0, 0.1) is 0 Å². The first-order chi connectivity index (χ1) is 8.27. The van der Waals surface area contributed by atoms with Gasteiger partial charge in [-0.3, -0.25) is 0 Å². The largest absolute Gasteiger partial charge is 0.354 e. The summed E-state index contributed by atoms with van der Waals surface area (Å²) >= 11 is 0. The first-order valence-electron chi connectivity index (χ1n) is 7.17. The van der Waals surface area contributed by atoms with Crippen LogP contribution in [-0.4, -0.2) is 11.1 Å². The van der Waals surface area contributed by atoms with Crippen molar-refractivity contribution in [2.45, 2.75) is 65.5 Å². The minimum atomic E-state index is 0.479. The lowest BCUT2D eigenvalue weighted by Gasteiger charge is -2.11. The highest BCUT2D eigenvalue weighted by atomic mass is 15.0. The zero-order valence-electron chi connectivity index (χ0n) is 11.7. The quantitative estimate of drug-likeness (QED) is 0.638. The van der Waals surface area contributed by atoms with Crippen molar-refractivity contribution in [1.29, 1.82) is 0 Å². The Labute approximate surface area is 106 Å². The molecule has 0 aliphatic carbocycles. The molecule has 2 nitrogen and oxygen atoms in total. The second kappa shape index (κ2) is 8.35. The summed E-state index contributed by atoms with van der Waals surface area (Å²) < 4.78 is 2.33. The van der Waals surface area contributed by atoms with Crippen LogP contribution < -0.4 is 5.32 Å². The molecular weight excluding hydrogens is 208 g/mol. The zero-order chi connectivity index (χ0) is 12.5. The number of nitrogens with one attached hydrogen (secondary N) is 1. The van der Waals surface area contributed by atoms with Gasteiger partial charge in [0.1, 0.15) is 0 Å². The SMILES string of the molecule is CCCCCCn1ccc(C(C)NCCC)c1. The third-order valence-electron chi connectivity index (χ3n) is 3.24. The van der Waals surface area contributed by atoms with Gasteiger partial charge in [0.15, 0.2) is 0 Å². The summed E-state index contributed by atoms with van der Waals surface area (Å²) in [6.07, 6.45) is 11.0. The number of hydrogen-bond acceptors (Lipinski definition) is 1. The fourth-order valence-electron chi connectivity index (χ4n) is 2.05. The van der Waals surface area contributed by atoms with Crippen molar-refractivity contribution in [3.63, 3.8) is 0 Å².